The number of carbonyl (C=O) groups excluding carboxylic acids is 1. The Kier molecular flexibility index (Phi) is 7.14. The quantitative estimate of drug-likeness (QED) is 0.766. The van der Waals surface area contributed by atoms with Gasteiger partial charge in [0.2, 0.25) is 5.91 Å². The molecule has 0 radical (unpaired) electrons. The number of rotatable bonds is 7. The van der Waals surface area contributed by atoms with Crippen LogP contribution in [0.15, 0.2) is 22.7 Å². The molecule has 1 rings (SSSR count). The SMILES string of the molecule is CC(=O)NCCN(Cc1cc(Br)ccc1Cl)C(C)C(=O)O. The number of amides is 1. The molecule has 0 saturated heterocycles. The Bertz CT molecular complexity index is 525. The fourth-order valence-corrected chi connectivity index (χ4v) is 2.41. The molecule has 1 atom stereocenters. The van der Waals surface area contributed by atoms with E-state index in [9.17, 15) is 14.7 Å². The lowest BCUT2D eigenvalue weighted by molar-refractivity contribution is -0.142. The van der Waals surface area contributed by atoms with Crippen molar-refractivity contribution in [1.29, 1.82) is 0 Å². The smallest absolute Gasteiger partial charge is 0.320 e. The normalized spacial score (nSPS) is 12.2. The summed E-state index contributed by atoms with van der Waals surface area (Å²) < 4.78 is 0.881. The van der Waals surface area contributed by atoms with Crippen LogP contribution in [0.5, 0.6) is 0 Å². The largest absolute Gasteiger partial charge is 0.480 e. The zero-order chi connectivity index (χ0) is 16.0. The first-order chi connectivity index (χ1) is 9.81. The number of hydrogen-bond acceptors (Lipinski definition) is 3. The van der Waals surface area contributed by atoms with Crippen molar-refractivity contribution in [2.24, 2.45) is 0 Å². The summed E-state index contributed by atoms with van der Waals surface area (Å²) in [5.41, 5.74) is 0.835. The zero-order valence-corrected chi connectivity index (χ0v) is 14.2. The molecule has 1 amide bonds. The number of nitrogens with zero attached hydrogens (tertiary/aromatic N) is 1. The minimum atomic E-state index is -0.913. The van der Waals surface area contributed by atoms with E-state index in [4.69, 9.17) is 11.6 Å². The zero-order valence-electron chi connectivity index (χ0n) is 11.9. The molecule has 7 heteroatoms. The number of carboxylic acid groups (broad SMARTS) is 1. The third kappa shape index (κ3) is 6.03. The minimum Gasteiger partial charge on any atom is -0.480 e. The Labute approximate surface area is 137 Å². The standard InChI is InChI=1S/C14H18BrClN2O3/c1-9(14(20)21)18(6-5-17-10(2)19)8-11-7-12(15)3-4-13(11)16/h3-4,7,9H,5-6,8H2,1-2H3,(H,17,19)(H,20,21). The van der Waals surface area contributed by atoms with Crippen LogP contribution in [-0.2, 0) is 16.1 Å². The Morgan fingerprint density at radius 3 is 2.71 bits per heavy atom. The van der Waals surface area contributed by atoms with E-state index in [1.165, 1.54) is 6.92 Å². The average Bonchev–Trinajstić information content (AvgIpc) is 2.40. The van der Waals surface area contributed by atoms with E-state index in [0.717, 1.165) is 10.0 Å². The van der Waals surface area contributed by atoms with Gasteiger partial charge in [0.25, 0.3) is 0 Å². The van der Waals surface area contributed by atoms with E-state index in [1.807, 2.05) is 12.1 Å². The molecular weight excluding hydrogens is 360 g/mol. The maximum Gasteiger partial charge on any atom is 0.320 e. The van der Waals surface area contributed by atoms with Gasteiger partial charge in [0.1, 0.15) is 6.04 Å². The van der Waals surface area contributed by atoms with E-state index >= 15 is 0 Å². The van der Waals surface area contributed by atoms with Gasteiger partial charge in [0.15, 0.2) is 0 Å². The molecule has 1 unspecified atom stereocenters. The van der Waals surface area contributed by atoms with Gasteiger partial charge in [-0.2, -0.15) is 0 Å². The van der Waals surface area contributed by atoms with Crippen molar-refractivity contribution in [3.05, 3.63) is 33.3 Å². The van der Waals surface area contributed by atoms with E-state index < -0.39 is 12.0 Å². The van der Waals surface area contributed by atoms with Crippen LogP contribution in [0.3, 0.4) is 0 Å². The van der Waals surface area contributed by atoms with Gasteiger partial charge in [-0.3, -0.25) is 14.5 Å². The molecular formula is C14H18BrClN2O3. The lowest BCUT2D eigenvalue weighted by Gasteiger charge is -2.26. The van der Waals surface area contributed by atoms with Crippen molar-refractivity contribution >= 4 is 39.4 Å². The van der Waals surface area contributed by atoms with Crippen molar-refractivity contribution in [2.75, 3.05) is 13.1 Å². The fourth-order valence-electron chi connectivity index (χ4n) is 1.82. The van der Waals surface area contributed by atoms with Crippen LogP contribution >= 0.6 is 27.5 Å². The Morgan fingerprint density at radius 1 is 1.48 bits per heavy atom. The molecule has 0 aliphatic heterocycles. The number of carboxylic acids is 1. The van der Waals surface area contributed by atoms with Crippen LogP contribution in [0.25, 0.3) is 0 Å². The van der Waals surface area contributed by atoms with Gasteiger partial charge in [-0.1, -0.05) is 27.5 Å². The second-order valence-corrected chi connectivity index (χ2v) is 6.03. The number of carbonyl (C=O) groups is 2. The van der Waals surface area contributed by atoms with Crippen molar-refractivity contribution in [3.8, 4) is 0 Å². The second kappa shape index (κ2) is 8.36. The maximum absolute atomic E-state index is 11.2. The molecule has 21 heavy (non-hydrogen) atoms. The number of aliphatic carboxylic acids is 1. The van der Waals surface area contributed by atoms with Gasteiger partial charge < -0.3 is 10.4 Å². The Balaban J connectivity index is 2.82. The highest BCUT2D eigenvalue weighted by atomic mass is 79.9. The van der Waals surface area contributed by atoms with E-state index in [2.05, 4.69) is 21.2 Å². The summed E-state index contributed by atoms with van der Waals surface area (Å²) in [7, 11) is 0. The van der Waals surface area contributed by atoms with Crippen LogP contribution in [-0.4, -0.2) is 41.0 Å². The molecule has 2 N–H and O–H groups in total. The molecule has 5 nitrogen and oxygen atoms in total. The number of nitrogens with one attached hydrogen (secondary N) is 1. The monoisotopic (exact) mass is 376 g/mol. The Morgan fingerprint density at radius 2 is 2.14 bits per heavy atom. The summed E-state index contributed by atoms with van der Waals surface area (Å²) in [6.07, 6.45) is 0. The summed E-state index contributed by atoms with van der Waals surface area (Å²) in [5.74, 6) is -1.05. The Hall–Kier alpha value is -1.11. The van der Waals surface area contributed by atoms with Crippen molar-refractivity contribution < 1.29 is 14.7 Å². The van der Waals surface area contributed by atoms with Crippen LogP contribution in [0.1, 0.15) is 19.4 Å². The maximum atomic E-state index is 11.2. The molecule has 0 heterocycles. The summed E-state index contributed by atoms with van der Waals surface area (Å²) >= 11 is 9.52. The summed E-state index contributed by atoms with van der Waals surface area (Å²) in [4.78, 5) is 23.9. The lowest BCUT2D eigenvalue weighted by Crippen LogP contribution is -2.42. The molecule has 116 valence electrons. The van der Waals surface area contributed by atoms with Crippen LogP contribution in [0.2, 0.25) is 5.02 Å². The van der Waals surface area contributed by atoms with Crippen molar-refractivity contribution in [3.63, 3.8) is 0 Å². The topological polar surface area (TPSA) is 69.6 Å². The lowest BCUT2D eigenvalue weighted by atomic mass is 10.1. The fraction of sp³-hybridized carbons (Fsp3) is 0.429. The predicted molar refractivity (Wildman–Crippen MR) is 85.3 cm³/mol. The minimum absolute atomic E-state index is 0.140. The van der Waals surface area contributed by atoms with Crippen molar-refractivity contribution in [2.45, 2.75) is 26.4 Å². The van der Waals surface area contributed by atoms with Gasteiger partial charge in [-0.15, -0.1) is 0 Å². The molecule has 0 fully saturated rings. The molecule has 0 saturated carbocycles. The van der Waals surface area contributed by atoms with E-state index in [0.29, 0.717) is 24.7 Å². The first-order valence-electron chi connectivity index (χ1n) is 6.46. The molecule has 0 bridgehead atoms. The second-order valence-electron chi connectivity index (χ2n) is 4.70. The highest BCUT2D eigenvalue weighted by molar-refractivity contribution is 9.10. The van der Waals surface area contributed by atoms with Crippen LogP contribution in [0.4, 0.5) is 0 Å². The summed E-state index contributed by atoms with van der Waals surface area (Å²) in [5, 5.41) is 12.4. The molecule has 0 aromatic heterocycles. The van der Waals surface area contributed by atoms with Crippen LogP contribution < -0.4 is 5.32 Å². The number of benzene rings is 1. The van der Waals surface area contributed by atoms with Gasteiger partial charge in [0.05, 0.1) is 0 Å². The van der Waals surface area contributed by atoms with Crippen LogP contribution in [0, 0.1) is 0 Å². The van der Waals surface area contributed by atoms with E-state index in [1.54, 1.807) is 17.9 Å². The first-order valence-corrected chi connectivity index (χ1v) is 7.63. The van der Waals surface area contributed by atoms with Gasteiger partial charge in [-0.25, -0.2) is 0 Å². The third-order valence-corrected chi connectivity index (χ3v) is 3.92. The number of halogens is 2. The molecule has 0 spiro atoms. The van der Waals surface area contributed by atoms with Gasteiger partial charge in [0, 0.05) is 36.1 Å². The number of hydrogen-bond donors (Lipinski definition) is 2. The highest BCUT2D eigenvalue weighted by Crippen LogP contribution is 2.23. The third-order valence-electron chi connectivity index (χ3n) is 3.06. The molecule has 0 aliphatic rings. The van der Waals surface area contributed by atoms with Gasteiger partial charge >= 0.3 is 5.97 Å². The molecule has 1 aromatic carbocycles. The van der Waals surface area contributed by atoms with Crippen molar-refractivity contribution in [1.82, 2.24) is 10.2 Å². The molecule has 0 aliphatic carbocycles. The first kappa shape index (κ1) is 17.9. The average molecular weight is 378 g/mol. The van der Waals surface area contributed by atoms with Gasteiger partial charge in [-0.05, 0) is 30.7 Å². The van der Waals surface area contributed by atoms with E-state index in [-0.39, 0.29) is 5.91 Å². The molecule has 1 aromatic rings. The summed E-state index contributed by atoms with van der Waals surface area (Å²) in [6.45, 7) is 4.25. The predicted octanol–water partition coefficient (Wildman–Crippen LogP) is 2.51. The summed E-state index contributed by atoms with van der Waals surface area (Å²) in [6, 6.07) is 4.78. The highest BCUT2D eigenvalue weighted by Gasteiger charge is 2.21.